The number of rotatable bonds is 9. The molecule has 1 aliphatic rings. The van der Waals surface area contributed by atoms with Crippen LogP contribution in [0.1, 0.15) is 38.3 Å². The SMILES string of the molecule is C=CCC=CC(=C)CN1c2ccccc2C(C)(C)C1N(CC)Cc1ccccc1. The van der Waals surface area contributed by atoms with Gasteiger partial charge in [-0.2, -0.15) is 0 Å². The van der Waals surface area contributed by atoms with Gasteiger partial charge >= 0.3 is 0 Å². The minimum absolute atomic E-state index is 0.0203. The van der Waals surface area contributed by atoms with Crippen LogP contribution < -0.4 is 4.90 Å². The summed E-state index contributed by atoms with van der Waals surface area (Å²) < 4.78 is 0. The molecule has 0 saturated heterocycles. The Balaban J connectivity index is 1.94. The molecule has 2 nitrogen and oxygen atoms in total. The molecule has 0 aromatic heterocycles. The van der Waals surface area contributed by atoms with Crippen LogP contribution in [0.5, 0.6) is 0 Å². The van der Waals surface area contributed by atoms with Crippen molar-refractivity contribution in [2.75, 3.05) is 18.0 Å². The summed E-state index contributed by atoms with van der Waals surface area (Å²) in [5.74, 6) is 0. The van der Waals surface area contributed by atoms with Gasteiger partial charge in [0.2, 0.25) is 0 Å². The molecule has 1 heterocycles. The number of allylic oxidation sites excluding steroid dienone is 2. The Bertz CT molecular complexity index is 863. The molecule has 1 unspecified atom stereocenters. The van der Waals surface area contributed by atoms with E-state index < -0.39 is 0 Å². The Kier molecular flexibility index (Phi) is 6.76. The van der Waals surface area contributed by atoms with Crippen LogP contribution in [-0.4, -0.2) is 24.2 Å². The fourth-order valence-corrected chi connectivity index (χ4v) is 4.55. The lowest BCUT2D eigenvalue weighted by Crippen LogP contribution is -2.54. The first-order valence-electron chi connectivity index (χ1n) is 10.6. The van der Waals surface area contributed by atoms with Crippen molar-refractivity contribution in [2.24, 2.45) is 0 Å². The normalized spacial score (nSPS) is 17.7. The Morgan fingerprint density at radius 3 is 2.48 bits per heavy atom. The number of hydrogen-bond donors (Lipinski definition) is 0. The van der Waals surface area contributed by atoms with Gasteiger partial charge < -0.3 is 4.90 Å². The van der Waals surface area contributed by atoms with Crippen LogP contribution in [0.15, 0.2) is 91.6 Å². The van der Waals surface area contributed by atoms with E-state index in [4.69, 9.17) is 0 Å². The Morgan fingerprint density at radius 2 is 1.79 bits per heavy atom. The van der Waals surface area contributed by atoms with E-state index in [2.05, 4.69) is 110 Å². The summed E-state index contributed by atoms with van der Waals surface area (Å²) in [7, 11) is 0. The van der Waals surface area contributed by atoms with Gasteiger partial charge in [-0.15, -0.1) is 6.58 Å². The first-order chi connectivity index (χ1) is 14.0. The highest BCUT2D eigenvalue weighted by Crippen LogP contribution is 2.46. The van der Waals surface area contributed by atoms with Crippen LogP contribution in [-0.2, 0) is 12.0 Å². The Hall–Kier alpha value is -2.58. The zero-order valence-corrected chi connectivity index (χ0v) is 18.1. The molecule has 1 atom stereocenters. The predicted octanol–water partition coefficient (Wildman–Crippen LogP) is 6.32. The summed E-state index contributed by atoms with van der Waals surface area (Å²) in [4.78, 5) is 5.14. The van der Waals surface area contributed by atoms with Crippen LogP contribution >= 0.6 is 0 Å². The van der Waals surface area contributed by atoms with Gasteiger partial charge in [-0.3, -0.25) is 4.90 Å². The summed E-state index contributed by atoms with van der Waals surface area (Å²) in [5.41, 5.74) is 5.24. The molecule has 0 bridgehead atoms. The second kappa shape index (κ2) is 9.28. The molecule has 0 radical (unpaired) electrons. The number of benzene rings is 2. The molecule has 0 saturated carbocycles. The predicted molar refractivity (Wildman–Crippen MR) is 126 cm³/mol. The maximum Gasteiger partial charge on any atom is 0.0920 e. The van der Waals surface area contributed by atoms with Crippen LogP contribution in [0.4, 0.5) is 5.69 Å². The molecule has 1 aliphatic heterocycles. The smallest absolute Gasteiger partial charge is 0.0920 e. The molecule has 2 aromatic rings. The number of hydrogen-bond acceptors (Lipinski definition) is 2. The lowest BCUT2D eigenvalue weighted by Gasteiger charge is -2.42. The van der Waals surface area contributed by atoms with Gasteiger partial charge in [0.05, 0.1) is 6.17 Å². The van der Waals surface area contributed by atoms with Gasteiger partial charge in [0, 0.05) is 24.2 Å². The lowest BCUT2D eigenvalue weighted by molar-refractivity contribution is 0.140. The van der Waals surface area contributed by atoms with Crippen molar-refractivity contribution in [3.05, 3.63) is 103 Å². The largest absolute Gasteiger partial charge is 0.350 e. The summed E-state index contributed by atoms with van der Waals surface area (Å²) in [6.07, 6.45) is 7.34. The summed E-state index contributed by atoms with van der Waals surface area (Å²) in [6, 6.07) is 19.6. The Labute approximate surface area is 176 Å². The van der Waals surface area contributed by atoms with Crippen LogP contribution in [0, 0.1) is 0 Å². The first-order valence-corrected chi connectivity index (χ1v) is 10.6. The van der Waals surface area contributed by atoms with Crippen molar-refractivity contribution >= 4 is 5.69 Å². The molecule has 29 heavy (non-hydrogen) atoms. The van der Waals surface area contributed by atoms with Gasteiger partial charge in [0.25, 0.3) is 0 Å². The molecule has 0 N–H and O–H groups in total. The maximum absolute atomic E-state index is 4.33. The minimum atomic E-state index is 0.0203. The highest BCUT2D eigenvalue weighted by molar-refractivity contribution is 5.64. The molecular weight excluding hydrogens is 352 g/mol. The van der Waals surface area contributed by atoms with Crippen molar-refractivity contribution in [1.29, 1.82) is 0 Å². The van der Waals surface area contributed by atoms with Crippen molar-refractivity contribution in [1.82, 2.24) is 4.90 Å². The minimum Gasteiger partial charge on any atom is -0.350 e. The van der Waals surface area contributed by atoms with E-state index in [1.807, 2.05) is 6.08 Å². The van der Waals surface area contributed by atoms with Gasteiger partial charge in [-0.05, 0) is 35.7 Å². The van der Waals surface area contributed by atoms with Crippen LogP contribution in [0.3, 0.4) is 0 Å². The van der Waals surface area contributed by atoms with E-state index in [-0.39, 0.29) is 11.6 Å². The van der Waals surface area contributed by atoms with Crippen LogP contribution in [0.2, 0.25) is 0 Å². The molecule has 152 valence electrons. The average molecular weight is 387 g/mol. The number of anilines is 1. The lowest BCUT2D eigenvalue weighted by atomic mass is 9.83. The number of fused-ring (bicyclic) bond motifs is 1. The van der Waals surface area contributed by atoms with Crippen LogP contribution in [0.25, 0.3) is 0 Å². The van der Waals surface area contributed by atoms with E-state index in [0.717, 1.165) is 31.6 Å². The molecule has 2 aromatic carbocycles. The standard InChI is InChI=1S/C27H34N2/c1-6-8-10-15-22(3)20-29-25-19-14-13-18-24(25)27(4,5)26(29)28(7-2)21-23-16-11-9-12-17-23/h6,9-19,26H,1,3,7-8,20-21H2,2,4-5H3. The second-order valence-corrected chi connectivity index (χ2v) is 8.37. The molecule has 2 heteroatoms. The third-order valence-corrected chi connectivity index (χ3v) is 5.86. The maximum atomic E-state index is 4.33. The molecular formula is C27H34N2. The topological polar surface area (TPSA) is 6.48 Å². The van der Waals surface area contributed by atoms with Crippen molar-refractivity contribution in [3.63, 3.8) is 0 Å². The summed E-state index contributed by atoms with van der Waals surface area (Å²) in [6.45, 7) is 17.9. The van der Waals surface area contributed by atoms with E-state index >= 15 is 0 Å². The fraction of sp³-hybridized carbons (Fsp3) is 0.333. The number of likely N-dealkylation sites (N-methyl/N-ethyl adjacent to an activating group) is 1. The van der Waals surface area contributed by atoms with E-state index in [9.17, 15) is 0 Å². The summed E-state index contributed by atoms with van der Waals surface area (Å²) >= 11 is 0. The van der Waals surface area contributed by atoms with Gasteiger partial charge in [0.15, 0.2) is 0 Å². The molecule has 0 aliphatic carbocycles. The highest BCUT2D eigenvalue weighted by atomic mass is 15.4. The quantitative estimate of drug-likeness (QED) is 0.367. The van der Waals surface area contributed by atoms with Gasteiger partial charge in [-0.1, -0.05) is 94.1 Å². The van der Waals surface area contributed by atoms with E-state index in [0.29, 0.717) is 0 Å². The third kappa shape index (κ3) is 4.54. The highest BCUT2D eigenvalue weighted by Gasteiger charge is 2.46. The zero-order valence-electron chi connectivity index (χ0n) is 18.1. The molecule has 3 rings (SSSR count). The Morgan fingerprint density at radius 1 is 1.10 bits per heavy atom. The van der Waals surface area contributed by atoms with Crippen molar-refractivity contribution < 1.29 is 0 Å². The van der Waals surface area contributed by atoms with E-state index in [1.165, 1.54) is 16.8 Å². The van der Waals surface area contributed by atoms with Crippen molar-refractivity contribution in [2.45, 2.75) is 45.3 Å². The van der Waals surface area contributed by atoms with Crippen molar-refractivity contribution in [3.8, 4) is 0 Å². The van der Waals surface area contributed by atoms with Gasteiger partial charge in [-0.25, -0.2) is 0 Å². The molecule has 0 amide bonds. The fourth-order valence-electron chi connectivity index (χ4n) is 4.55. The molecule has 0 spiro atoms. The average Bonchev–Trinajstić information content (AvgIpc) is 2.94. The number of para-hydroxylation sites is 1. The van der Waals surface area contributed by atoms with E-state index in [1.54, 1.807) is 0 Å². The third-order valence-electron chi connectivity index (χ3n) is 5.86. The monoisotopic (exact) mass is 386 g/mol. The second-order valence-electron chi connectivity index (χ2n) is 8.37. The van der Waals surface area contributed by atoms with Gasteiger partial charge in [0.1, 0.15) is 0 Å². The molecule has 0 fully saturated rings. The summed E-state index contributed by atoms with van der Waals surface area (Å²) in [5, 5.41) is 0. The zero-order chi connectivity index (χ0) is 20.9. The number of nitrogens with zero attached hydrogens (tertiary/aromatic N) is 2. The first kappa shape index (κ1) is 21.1.